The minimum atomic E-state index is -1.53. The molecule has 0 aromatic rings. The standard InChI is InChI=1S/C17H29NO7/c1-10(14(22)24-16(2,3)4)12(13(20)21)11(19)8-9-18-15(23)25-17(5,6)7/h10,12H,8-9H2,1-7H3,(H,18,23)(H,20,21). The number of rotatable bonds is 7. The van der Waals surface area contributed by atoms with E-state index in [9.17, 15) is 24.3 Å². The number of aliphatic carboxylic acids is 1. The summed E-state index contributed by atoms with van der Waals surface area (Å²) in [4.78, 5) is 47.1. The third kappa shape index (κ3) is 9.69. The molecule has 0 heterocycles. The fourth-order valence-electron chi connectivity index (χ4n) is 1.92. The van der Waals surface area contributed by atoms with E-state index in [2.05, 4.69) is 5.32 Å². The summed E-state index contributed by atoms with van der Waals surface area (Å²) in [5.74, 6) is -5.49. The highest BCUT2D eigenvalue weighted by molar-refractivity contribution is 6.01. The van der Waals surface area contributed by atoms with Crippen molar-refractivity contribution in [3.63, 3.8) is 0 Å². The van der Waals surface area contributed by atoms with E-state index in [0.29, 0.717) is 0 Å². The molecule has 2 unspecified atom stereocenters. The van der Waals surface area contributed by atoms with Gasteiger partial charge in [-0.25, -0.2) is 4.79 Å². The summed E-state index contributed by atoms with van der Waals surface area (Å²) >= 11 is 0. The van der Waals surface area contributed by atoms with Gasteiger partial charge in [0.25, 0.3) is 0 Å². The Morgan fingerprint density at radius 2 is 1.44 bits per heavy atom. The number of esters is 1. The SMILES string of the molecule is CC(C(=O)OC(C)(C)C)C(C(=O)O)C(=O)CCNC(=O)OC(C)(C)C. The first-order valence-corrected chi connectivity index (χ1v) is 8.09. The van der Waals surface area contributed by atoms with Crippen LogP contribution in [0.5, 0.6) is 0 Å². The first-order chi connectivity index (χ1) is 11.1. The molecule has 0 bridgehead atoms. The van der Waals surface area contributed by atoms with E-state index in [-0.39, 0.29) is 13.0 Å². The van der Waals surface area contributed by atoms with Gasteiger partial charge in [-0.15, -0.1) is 0 Å². The molecule has 0 fully saturated rings. The van der Waals surface area contributed by atoms with E-state index in [1.54, 1.807) is 41.5 Å². The maximum Gasteiger partial charge on any atom is 0.407 e. The van der Waals surface area contributed by atoms with Gasteiger partial charge in [0, 0.05) is 13.0 Å². The molecule has 0 radical (unpaired) electrons. The number of ketones is 1. The van der Waals surface area contributed by atoms with Gasteiger partial charge in [0.05, 0.1) is 5.92 Å². The summed E-state index contributed by atoms with van der Waals surface area (Å²) in [5.41, 5.74) is -1.46. The largest absolute Gasteiger partial charge is 0.481 e. The Morgan fingerprint density at radius 1 is 0.960 bits per heavy atom. The number of carbonyl (C=O) groups is 4. The zero-order valence-electron chi connectivity index (χ0n) is 16.0. The third-order valence-corrected chi connectivity index (χ3v) is 2.93. The summed E-state index contributed by atoms with van der Waals surface area (Å²) < 4.78 is 10.2. The molecule has 144 valence electrons. The lowest BCUT2D eigenvalue weighted by atomic mass is 9.88. The topological polar surface area (TPSA) is 119 Å². The first kappa shape index (κ1) is 22.9. The van der Waals surface area contributed by atoms with Crippen molar-refractivity contribution in [2.75, 3.05) is 6.54 Å². The molecule has 0 rings (SSSR count). The van der Waals surface area contributed by atoms with Crippen molar-refractivity contribution in [1.82, 2.24) is 5.32 Å². The van der Waals surface area contributed by atoms with Crippen LogP contribution < -0.4 is 5.32 Å². The second-order valence-corrected chi connectivity index (χ2v) is 7.78. The van der Waals surface area contributed by atoms with Gasteiger partial charge in [-0.1, -0.05) is 6.92 Å². The van der Waals surface area contributed by atoms with E-state index < -0.39 is 46.9 Å². The van der Waals surface area contributed by atoms with Crippen LogP contribution in [-0.2, 0) is 23.9 Å². The maximum atomic E-state index is 12.2. The van der Waals surface area contributed by atoms with Crippen LogP contribution in [-0.4, -0.2) is 46.7 Å². The number of hydrogen-bond acceptors (Lipinski definition) is 6. The monoisotopic (exact) mass is 359 g/mol. The molecule has 0 aromatic carbocycles. The molecule has 0 aromatic heterocycles. The maximum absolute atomic E-state index is 12.2. The first-order valence-electron chi connectivity index (χ1n) is 8.09. The molecule has 0 saturated heterocycles. The molecule has 2 N–H and O–H groups in total. The Balaban J connectivity index is 4.73. The van der Waals surface area contributed by atoms with Crippen molar-refractivity contribution in [2.45, 2.75) is 66.1 Å². The fourth-order valence-corrected chi connectivity index (χ4v) is 1.92. The minimum Gasteiger partial charge on any atom is -0.481 e. The second-order valence-electron chi connectivity index (χ2n) is 7.78. The van der Waals surface area contributed by atoms with Gasteiger partial charge >= 0.3 is 18.0 Å². The average molecular weight is 359 g/mol. The number of amides is 1. The quantitative estimate of drug-likeness (QED) is 0.528. The molecule has 25 heavy (non-hydrogen) atoms. The molecule has 8 heteroatoms. The number of alkyl carbamates (subject to hydrolysis) is 1. The van der Waals surface area contributed by atoms with E-state index in [1.807, 2.05) is 0 Å². The molecular weight excluding hydrogens is 330 g/mol. The highest BCUT2D eigenvalue weighted by atomic mass is 16.6. The van der Waals surface area contributed by atoms with E-state index >= 15 is 0 Å². The molecule has 0 aliphatic heterocycles. The predicted octanol–water partition coefficient (Wildman–Crippen LogP) is 2.15. The Bertz CT molecular complexity index is 514. The van der Waals surface area contributed by atoms with Crippen molar-refractivity contribution in [3.05, 3.63) is 0 Å². The molecule has 0 spiro atoms. The van der Waals surface area contributed by atoms with Crippen LogP contribution in [0.25, 0.3) is 0 Å². The number of ether oxygens (including phenoxy) is 2. The van der Waals surface area contributed by atoms with Crippen molar-refractivity contribution in [1.29, 1.82) is 0 Å². The van der Waals surface area contributed by atoms with Crippen LogP contribution in [0.1, 0.15) is 54.9 Å². The second kappa shape index (κ2) is 8.82. The number of carboxylic acids is 1. The fraction of sp³-hybridized carbons (Fsp3) is 0.765. The summed E-state index contributed by atoms with van der Waals surface area (Å²) in [7, 11) is 0. The number of nitrogens with one attached hydrogen (secondary N) is 1. The number of carbonyl (C=O) groups excluding carboxylic acids is 3. The number of hydrogen-bond donors (Lipinski definition) is 2. The predicted molar refractivity (Wildman–Crippen MR) is 90.0 cm³/mol. The zero-order chi connectivity index (χ0) is 20.0. The van der Waals surface area contributed by atoms with Crippen LogP contribution in [0, 0.1) is 11.8 Å². The Kier molecular flexibility index (Phi) is 8.08. The molecule has 2 atom stereocenters. The van der Waals surface area contributed by atoms with Crippen molar-refractivity contribution < 1.29 is 33.8 Å². The third-order valence-electron chi connectivity index (χ3n) is 2.93. The summed E-state index contributed by atoms with van der Waals surface area (Å²) in [5, 5.41) is 11.7. The lowest BCUT2D eigenvalue weighted by molar-refractivity contribution is -0.167. The smallest absolute Gasteiger partial charge is 0.407 e. The van der Waals surface area contributed by atoms with Crippen LogP contribution >= 0.6 is 0 Å². The van der Waals surface area contributed by atoms with Crippen LogP contribution in [0.15, 0.2) is 0 Å². The normalized spacial score (nSPS) is 14.2. The highest BCUT2D eigenvalue weighted by Crippen LogP contribution is 2.20. The van der Waals surface area contributed by atoms with E-state index in [4.69, 9.17) is 9.47 Å². The van der Waals surface area contributed by atoms with Crippen molar-refractivity contribution in [2.24, 2.45) is 11.8 Å². The zero-order valence-corrected chi connectivity index (χ0v) is 16.0. The van der Waals surface area contributed by atoms with Crippen molar-refractivity contribution in [3.8, 4) is 0 Å². The van der Waals surface area contributed by atoms with Gasteiger partial charge in [0.2, 0.25) is 0 Å². The van der Waals surface area contributed by atoms with Crippen LogP contribution in [0.2, 0.25) is 0 Å². The van der Waals surface area contributed by atoms with E-state index in [1.165, 1.54) is 6.92 Å². The Labute approximate surface area is 148 Å². The van der Waals surface area contributed by atoms with Crippen LogP contribution in [0.4, 0.5) is 4.79 Å². The summed E-state index contributed by atoms with van der Waals surface area (Å²) in [6, 6.07) is 0. The highest BCUT2D eigenvalue weighted by Gasteiger charge is 2.38. The van der Waals surface area contributed by atoms with Gasteiger partial charge in [-0.05, 0) is 41.5 Å². The average Bonchev–Trinajstić information content (AvgIpc) is 2.33. The van der Waals surface area contributed by atoms with Crippen LogP contribution in [0.3, 0.4) is 0 Å². The molecule has 1 amide bonds. The van der Waals surface area contributed by atoms with Gasteiger partial charge in [-0.2, -0.15) is 0 Å². The lowest BCUT2D eigenvalue weighted by Gasteiger charge is -2.24. The van der Waals surface area contributed by atoms with Gasteiger partial charge < -0.3 is 19.9 Å². The lowest BCUT2D eigenvalue weighted by Crippen LogP contribution is -2.39. The molecule has 8 nitrogen and oxygen atoms in total. The van der Waals surface area contributed by atoms with Crippen molar-refractivity contribution >= 4 is 23.8 Å². The van der Waals surface area contributed by atoms with Gasteiger partial charge in [-0.3, -0.25) is 14.4 Å². The van der Waals surface area contributed by atoms with Gasteiger partial charge in [0.15, 0.2) is 0 Å². The molecule has 0 aliphatic carbocycles. The molecule has 0 aliphatic rings. The Hall–Kier alpha value is -2.12. The molecular formula is C17H29NO7. The minimum absolute atomic E-state index is 0.0848. The molecule has 0 saturated carbocycles. The summed E-state index contributed by atoms with van der Waals surface area (Å²) in [6.45, 7) is 11.3. The number of Topliss-reactive ketones (excluding diaryl/α,β-unsaturated/α-hetero) is 1. The number of carboxylic acid groups (broad SMARTS) is 1. The van der Waals surface area contributed by atoms with Gasteiger partial charge in [0.1, 0.15) is 22.9 Å². The van der Waals surface area contributed by atoms with E-state index in [0.717, 1.165) is 0 Å². The Morgan fingerprint density at radius 3 is 1.84 bits per heavy atom. The summed E-state index contributed by atoms with van der Waals surface area (Å²) in [6.07, 6.45) is -0.934.